The minimum atomic E-state index is -1.07. The molecule has 0 spiro atoms. The Labute approximate surface area is 116 Å². The van der Waals surface area contributed by atoms with Crippen molar-refractivity contribution in [1.82, 2.24) is 19.7 Å². The van der Waals surface area contributed by atoms with Gasteiger partial charge in [-0.05, 0) is 0 Å². The number of rotatable bonds is 5. The van der Waals surface area contributed by atoms with E-state index in [2.05, 4.69) is 20.4 Å². The zero-order valence-electron chi connectivity index (χ0n) is 11.7. The number of nitrogens with zero attached hydrogens (tertiary/aromatic N) is 4. The van der Waals surface area contributed by atoms with Crippen LogP contribution in [0.1, 0.15) is 41.6 Å². The second-order valence-electron chi connectivity index (χ2n) is 4.83. The summed E-state index contributed by atoms with van der Waals surface area (Å²) >= 11 is 0. The predicted octanol–water partition coefficient (Wildman–Crippen LogP) is 1.64. The number of nitrogens with one attached hydrogen (secondary N) is 1. The molecule has 0 amide bonds. The highest BCUT2D eigenvalue weighted by molar-refractivity contribution is 5.91. The summed E-state index contributed by atoms with van der Waals surface area (Å²) in [5.74, 6) is -0.460. The Hall–Kier alpha value is -2.44. The van der Waals surface area contributed by atoms with E-state index in [1.165, 1.54) is 6.20 Å². The van der Waals surface area contributed by atoms with Gasteiger partial charge in [-0.25, -0.2) is 14.8 Å². The third-order valence-electron chi connectivity index (χ3n) is 2.77. The largest absolute Gasteiger partial charge is 0.476 e. The molecule has 0 bridgehead atoms. The fourth-order valence-electron chi connectivity index (χ4n) is 1.73. The van der Waals surface area contributed by atoms with E-state index in [1.807, 2.05) is 27.1 Å². The number of carboxylic acid groups (broad SMARTS) is 1. The third kappa shape index (κ3) is 3.11. The quantitative estimate of drug-likeness (QED) is 0.861. The summed E-state index contributed by atoms with van der Waals surface area (Å²) in [6.07, 6.45) is 5.09. The molecule has 0 saturated heterocycles. The molecule has 2 heterocycles. The van der Waals surface area contributed by atoms with Crippen LogP contribution in [0.3, 0.4) is 0 Å². The highest BCUT2D eigenvalue weighted by Gasteiger charge is 2.15. The smallest absolute Gasteiger partial charge is 0.356 e. The van der Waals surface area contributed by atoms with Gasteiger partial charge in [0.05, 0.1) is 18.1 Å². The van der Waals surface area contributed by atoms with Crippen LogP contribution in [0.15, 0.2) is 18.6 Å². The number of aromatic carboxylic acids is 1. The van der Waals surface area contributed by atoms with E-state index in [9.17, 15) is 9.90 Å². The van der Waals surface area contributed by atoms with Gasteiger partial charge >= 0.3 is 5.97 Å². The standard InChI is InChI=1S/C13H17N5O2/c1-8(2)12-15-6-10(11(17-12)13(19)20)14-4-9-5-16-18(3)7-9/h5-8,14H,4H2,1-3H3,(H,19,20). The van der Waals surface area contributed by atoms with Crippen molar-refractivity contribution in [2.75, 3.05) is 5.32 Å². The molecular formula is C13H17N5O2. The highest BCUT2D eigenvalue weighted by Crippen LogP contribution is 2.17. The zero-order valence-corrected chi connectivity index (χ0v) is 11.7. The number of aromatic nitrogens is 4. The van der Waals surface area contributed by atoms with Gasteiger partial charge in [-0.1, -0.05) is 13.8 Å². The van der Waals surface area contributed by atoms with Crippen molar-refractivity contribution in [2.45, 2.75) is 26.3 Å². The van der Waals surface area contributed by atoms with Crippen molar-refractivity contribution in [1.29, 1.82) is 0 Å². The monoisotopic (exact) mass is 275 g/mol. The number of aryl methyl sites for hydroxylation is 1. The van der Waals surface area contributed by atoms with Gasteiger partial charge in [0.25, 0.3) is 0 Å². The topological polar surface area (TPSA) is 92.9 Å². The van der Waals surface area contributed by atoms with E-state index in [-0.39, 0.29) is 11.6 Å². The molecular weight excluding hydrogens is 258 g/mol. The number of anilines is 1. The molecule has 0 aliphatic carbocycles. The van der Waals surface area contributed by atoms with E-state index in [1.54, 1.807) is 10.9 Å². The van der Waals surface area contributed by atoms with Gasteiger partial charge in [0.1, 0.15) is 5.82 Å². The first kappa shape index (κ1) is 14.0. The SMILES string of the molecule is CC(C)c1ncc(NCc2cnn(C)c2)c(C(=O)O)n1. The van der Waals surface area contributed by atoms with Crippen LogP contribution in [-0.4, -0.2) is 30.8 Å². The van der Waals surface area contributed by atoms with Crippen LogP contribution in [0.25, 0.3) is 0 Å². The maximum absolute atomic E-state index is 11.3. The molecule has 2 aromatic heterocycles. The Bertz CT molecular complexity index is 621. The molecule has 0 aliphatic heterocycles. The molecule has 7 nitrogen and oxygen atoms in total. The minimum Gasteiger partial charge on any atom is -0.476 e. The van der Waals surface area contributed by atoms with Gasteiger partial charge in [0.2, 0.25) is 0 Å². The number of carboxylic acids is 1. The molecule has 106 valence electrons. The fraction of sp³-hybridized carbons (Fsp3) is 0.385. The Morgan fingerprint density at radius 2 is 2.20 bits per heavy atom. The Kier molecular flexibility index (Phi) is 3.97. The van der Waals surface area contributed by atoms with Crippen molar-refractivity contribution in [2.24, 2.45) is 7.05 Å². The number of carbonyl (C=O) groups is 1. The van der Waals surface area contributed by atoms with E-state index in [0.29, 0.717) is 18.1 Å². The second-order valence-corrected chi connectivity index (χ2v) is 4.83. The Morgan fingerprint density at radius 3 is 2.75 bits per heavy atom. The summed E-state index contributed by atoms with van der Waals surface area (Å²) in [7, 11) is 1.83. The summed E-state index contributed by atoms with van der Waals surface area (Å²) in [5, 5.41) is 16.3. The molecule has 0 aromatic carbocycles. The first-order valence-corrected chi connectivity index (χ1v) is 6.29. The highest BCUT2D eigenvalue weighted by atomic mass is 16.4. The average Bonchev–Trinajstić information content (AvgIpc) is 2.81. The molecule has 0 radical (unpaired) electrons. The van der Waals surface area contributed by atoms with Crippen LogP contribution in [-0.2, 0) is 13.6 Å². The van der Waals surface area contributed by atoms with Crippen molar-refractivity contribution < 1.29 is 9.90 Å². The second kappa shape index (κ2) is 5.68. The van der Waals surface area contributed by atoms with Crippen LogP contribution in [0.5, 0.6) is 0 Å². The summed E-state index contributed by atoms with van der Waals surface area (Å²) in [5.41, 5.74) is 1.36. The lowest BCUT2D eigenvalue weighted by molar-refractivity contribution is 0.0691. The molecule has 0 saturated carbocycles. The van der Waals surface area contributed by atoms with Gasteiger partial charge in [-0.2, -0.15) is 5.10 Å². The normalized spacial score (nSPS) is 10.8. The first-order valence-electron chi connectivity index (χ1n) is 6.29. The van der Waals surface area contributed by atoms with E-state index < -0.39 is 5.97 Å². The summed E-state index contributed by atoms with van der Waals surface area (Å²) in [6.45, 7) is 4.31. The van der Waals surface area contributed by atoms with Gasteiger partial charge in [-0.3, -0.25) is 4.68 Å². The maximum Gasteiger partial charge on any atom is 0.356 e. The van der Waals surface area contributed by atoms with Crippen molar-refractivity contribution in [3.63, 3.8) is 0 Å². The van der Waals surface area contributed by atoms with Crippen LogP contribution in [0.2, 0.25) is 0 Å². The number of hydrogen-bond donors (Lipinski definition) is 2. The lowest BCUT2D eigenvalue weighted by Gasteiger charge is -2.10. The average molecular weight is 275 g/mol. The van der Waals surface area contributed by atoms with Crippen molar-refractivity contribution in [3.8, 4) is 0 Å². The summed E-state index contributed by atoms with van der Waals surface area (Å²) in [4.78, 5) is 19.5. The van der Waals surface area contributed by atoms with Crippen LogP contribution >= 0.6 is 0 Å². The Morgan fingerprint density at radius 1 is 1.45 bits per heavy atom. The lowest BCUT2D eigenvalue weighted by atomic mass is 10.2. The maximum atomic E-state index is 11.3. The molecule has 0 aliphatic rings. The van der Waals surface area contributed by atoms with Gasteiger partial charge in [0, 0.05) is 31.3 Å². The molecule has 2 rings (SSSR count). The van der Waals surface area contributed by atoms with Crippen LogP contribution in [0, 0.1) is 0 Å². The number of hydrogen-bond acceptors (Lipinski definition) is 5. The summed E-state index contributed by atoms with van der Waals surface area (Å²) in [6, 6.07) is 0. The van der Waals surface area contributed by atoms with E-state index in [0.717, 1.165) is 5.56 Å². The van der Waals surface area contributed by atoms with Crippen LogP contribution < -0.4 is 5.32 Å². The van der Waals surface area contributed by atoms with Crippen molar-refractivity contribution in [3.05, 3.63) is 35.7 Å². The van der Waals surface area contributed by atoms with Crippen LogP contribution in [0.4, 0.5) is 5.69 Å². The van der Waals surface area contributed by atoms with E-state index >= 15 is 0 Å². The molecule has 20 heavy (non-hydrogen) atoms. The van der Waals surface area contributed by atoms with Crippen molar-refractivity contribution >= 4 is 11.7 Å². The third-order valence-corrected chi connectivity index (χ3v) is 2.77. The Balaban J connectivity index is 2.20. The van der Waals surface area contributed by atoms with Gasteiger partial charge < -0.3 is 10.4 Å². The predicted molar refractivity (Wildman–Crippen MR) is 73.6 cm³/mol. The first-order chi connectivity index (χ1) is 9.47. The zero-order chi connectivity index (χ0) is 14.7. The lowest BCUT2D eigenvalue weighted by Crippen LogP contribution is -2.12. The molecule has 0 unspecified atom stereocenters. The van der Waals surface area contributed by atoms with E-state index in [4.69, 9.17) is 0 Å². The van der Waals surface area contributed by atoms with Gasteiger partial charge in [-0.15, -0.1) is 0 Å². The molecule has 2 N–H and O–H groups in total. The molecule has 0 fully saturated rings. The molecule has 0 atom stereocenters. The summed E-state index contributed by atoms with van der Waals surface area (Å²) < 4.78 is 1.69. The van der Waals surface area contributed by atoms with Gasteiger partial charge in [0.15, 0.2) is 5.69 Å². The molecule has 7 heteroatoms. The molecule has 2 aromatic rings. The fourth-order valence-corrected chi connectivity index (χ4v) is 1.73. The minimum absolute atomic E-state index is 0.00686.